The number of amides is 1. The highest BCUT2D eigenvalue weighted by molar-refractivity contribution is 5.78. The van der Waals surface area contributed by atoms with Gasteiger partial charge in [-0.15, -0.1) is 10.2 Å². The zero-order valence-corrected chi connectivity index (χ0v) is 18.7. The first-order valence-corrected chi connectivity index (χ1v) is 10.7. The zero-order valence-electron chi connectivity index (χ0n) is 18.7. The van der Waals surface area contributed by atoms with E-state index in [0.29, 0.717) is 24.8 Å². The van der Waals surface area contributed by atoms with E-state index in [1.807, 2.05) is 0 Å². The number of H-pyrrole nitrogens is 1. The fourth-order valence-corrected chi connectivity index (χ4v) is 3.55. The number of aromatic nitrogens is 4. The van der Waals surface area contributed by atoms with Crippen LogP contribution in [-0.4, -0.2) is 98.5 Å². The van der Waals surface area contributed by atoms with Crippen molar-refractivity contribution in [1.82, 2.24) is 30.8 Å². The van der Waals surface area contributed by atoms with E-state index in [9.17, 15) is 4.79 Å². The monoisotopic (exact) mass is 457 g/mol. The molecule has 2 atom stereocenters. The smallest absolute Gasteiger partial charge is 0.300 e. The first kappa shape index (κ1) is 27.4. The van der Waals surface area contributed by atoms with E-state index in [2.05, 4.69) is 30.8 Å². The van der Waals surface area contributed by atoms with Crippen LogP contribution in [-0.2, 0) is 25.5 Å². The molecule has 182 valence electrons. The van der Waals surface area contributed by atoms with Crippen molar-refractivity contribution in [2.75, 3.05) is 32.8 Å². The fourth-order valence-electron chi connectivity index (χ4n) is 3.55. The largest absolute Gasteiger partial charge is 0.481 e. The van der Waals surface area contributed by atoms with Gasteiger partial charge in [0.1, 0.15) is 0 Å². The molecule has 13 heteroatoms. The van der Waals surface area contributed by atoms with Gasteiger partial charge >= 0.3 is 0 Å². The summed E-state index contributed by atoms with van der Waals surface area (Å²) < 4.78 is 5.45. The lowest BCUT2D eigenvalue weighted by molar-refractivity contribution is -0.135. The van der Waals surface area contributed by atoms with Crippen molar-refractivity contribution in [2.45, 2.75) is 58.0 Å². The molecule has 2 aliphatic heterocycles. The normalized spacial score (nSPS) is 21.7. The van der Waals surface area contributed by atoms with E-state index in [0.717, 1.165) is 65.8 Å². The summed E-state index contributed by atoms with van der Waals surface area (Å²) in [5, 5.41) is 31.5. The molecule has 0 aliphatic carbocycles. The number of carboxylic acids is 2. The average molecular weight is 458 g/mol. The van der Waals surface area contributed by atoms with Gasteiger partial charge in [-0.3, -0.25) is 19.3 Å². The first-order valence-electron chi connectivity index (χ1n) is 10.7. The van der Waals surface area contributed by atoms with Crippen LogP contribution in [0.15, 0.2) is 0 Å². The Morgan fingerprint density at radius 2 is 1.75 bits per heavy atom. The number of carbonyl (C=O) groups excluding carboxylic acids is 1. The van der Waals surface area contributed by atoms with Gasteiger partial charge in [0.2, 0.25) is 5.91 Å². The standard InChI is InChI=1S/C15H27N7O2.2C2H4O2/c16-12-2-1-11(9-22(10-12)13-4-7-24-8-5-13)15(23)17-6-3-14-18-20-21-19-14;2*1-2(3)4/h11-13H,1-10,16H2,(H,17,23)(H,18,19,20,21);2*1H3,(H,3,4)/t11-,12+;;/m1../s1. The van der Waals surface area contributed by atoms with Gasteiger partial charge in [-0.1, -0.05) is 5.21 Å². The summed E-state index contributed by atoms with van der Waals surface area (Å²) in [7, 11) is 0. The van der Waals surface area contributed by atoms with Crippen LogP contribution in [0.25, 0.3) is 0 Å². The molecule has 1 aromatic heterocycles. The second-order valence-corrected chi connectivity index (χ2v) is 7.74. The maximum Gasteiger partial charge on any atom is 0.300 e. The summed E-state index contributed by atoms with van der Waals surface area (Å²) >= 11 is 0. The number of hydrogen-bond donors (Lipinski definition) is 5. The fraction of sp³-hybridized carbons (Fsp3) is 0.789. The summed E-state index contributed by atoms with van der Waals surface area (Å²) in [4.78, 5) is 33.0. The van der Waals surface area contributed by atoms with E-state index >= 15 is 0 Å². The van der Waals surface area contributed by atoms with Crippen LogP contribution >= 0.6 is 0 Å². The average Bonchev–Trinajstić information content (AvgIpc) is 3.15. The molecule has 2 aliphatic rings. The van der Waals surface area contributed by atoms with Crippen LogP contribution in [0.1, 0.15) is 45.4 Å². The predicted molar refractivity (Wildman–Crippen MR) is 114 cm³/mol. The third-order valence-corrected chi connectivity index (χ3v) is 4.92. The van der Waals surface area contributed by atoms with Crippen LogP contribution in [0, 0.1) is 5.92 Å². The Bertz CT molecular complexity index is 662. The van der Waals surface area contributed by atoms with E-state index in [1.165, 1.54) is 0 Å². The summed E-state index contributed by atoms with van der Waals surface area (Å²) in [6.45, 7) is 5.96. The highest BCUT2D eigenvalue weighted by atomic mass is 16.5. The minimum absolute atomic E-state index is 0.00772. The molecule has 0 saturated carbocycles. The number of ether oxygens (including phenoxy) is 1. The van der Waals surface area contributed by atoms with Gasteiger partial charge in [-0.2, -0.15) is 5.21 Å². The van der Waals surface area contributed by atoms with Crippen molar-refractivity contribution in [3.8, 4) is 0 Å². The van der Waals surface area contributed by atoms with Crippen LogP contribution in [0.2, 0.25) is 0 Å². The molecule has 1 amide bonds. The third kappa shape index (κ3) is 12.3. The Labute approximate surface area is 187 Å². The molecule has 6 N–H and O–H groups in total. The second kappa shape index (κ2) is 15.2. The van der Waals surface area contributed by atoms with Crippen LogP contribution in [0.5, 0.6) is 0 Å². The lowest BCUT2D eigenvalue weighted by atomic mass is 10.0. The highest BCUT2D eigenvalue weighted by Crippen LogP contribution is 2.22. The Balaban J connectivity index is 0.000000554. The Morgan fingerprint density at radius 3 is 2.31 bits per heavy atom. The molecule has 0 bridgehead atoms. The van der Waals surface area contributed by atoms with Crippen molar-refractivity contribution < 1.29 is 29.3 Å². The highest BCUT2D eigenvalue weighted by Gasteiger charge is 2.31. The molecule has 13 nitrogen and oxygen atoms in total. The molecular formula is C19H35N7O6. The van der Waals surface area contributed by atoms with Gasteiger partial charge in [0, 0.05) is 65.2 Å². The van der Waals surface area contributed by atoms with E-state index < -0.39 is 11.9 Å². The quantitative estimate of drug-likeness (QED) is 0.373. The third-order valence-electron chi connectivity index (χ3n) is 4.92. The van der Waals surface area contributed by atoms with Gasteiger partial charge in [0.25, 0.3) is 11.9 Å². The molecule has 0 spiro atoms. The molecule has 0 aromatic carbocycles. The SMILES string of the molecule is CC(=O)O.CC(=O)O.N[C@H]1CC[C@@H](C(=O)NCCc2nn[nH]n2)CN(C2CCOCC2)C1. The van der Waals surface area contributed by atoms with E-state index in [-0.39, 0.29) is 17.9 Å². The Morgan fingerprint density at radius 1 is 1.12 bits per heavy atom. The van der Waals surface area contributed by atoms with Crippen LogP contribution in [0.3, 0.4) is 0 Å². The predicted octanol–water partition coefficient (Wildman–Crippen LogP) is -0.741. The number of rotatable bonds is 5. The number of nitrogens with one attached hydrogen (secondary N) is 2. The van der Waals surface area contributed by atoms with Crippen LogP contribution < -0.4 is 11.1 Å². The van der Waals surface area contributed by atoms with Crippen molar-refractivity contribution in [3.63, 3.8) is 0 Å². The number of carboxylic acid groups (broad SMARTS) is 2. The molecule has 2 saturated heterocycles. The van der Waals surface area contributed by atoms with Gasteiger partial charge in [-0.25, -0.2) is 0 Å². The van der Waals surface area contributed by atoms with Crippen molar-refractivity contribution in [1.29, 1.82) is 0 Å². The number of aromatic amines is 1. The summed E-state index contributed by atoms with van der Waals surface area (Å²) in [5.41, 5.74) is 6.23. The number of hydrogen-bond acceptors (Lipinski definition) is 9. The van der Waals surface area contributed by atoms with Gasteiger partial charge < -0.3 is 26.0 Å². The number of aliphatic carboxylic acids is 2. The second-order valence-electron chi connectivity index (χ2n) is 7.74. The number of carbonyl (C=O) groups is 3. The molecule has 2 fully saturated rings. The summed E-state index contributed by atoms with van der Waals surface area (Å²) in [6.07, 6.45) is 4.37. The van der Waals surface area contributed by atoms with Gasteiger partial charge in [-0.05, 0) is 25.7 Å². The lowest BCUT2D eigenvalue weighted by Gasteiger charge is -2.35. The number of tetrazole rings is 1. The van der Waals surface area contributed by atoms with Crippen LogP contribution in [0.4, 0.5) is 0 Å². The van der Waals surface area contributed by atoms with Crippen molar-refractivity contribution in [2.24, 2.45) is 11.7 Å². The Hall–Kier alpha value is -2.64. The van der Waals surface area contributed by atoms with Gasteiger partial charge in [0.05, 0.1) is 5.92 Å². The number of likely N-dealkylation sites (tertiary alicyclic amines) is 1. The Kier molecular flexibility index (Phi) is 13.0. The molecule has 32 heavy (non-hydrogen) atoms. The van der Waals surface area contributed by atoms with E-state index in [4.69, 9.17) is 30.3 Å². The molecule has 1 aromatic rings. The molecule has 3 heterocycles. The minimum atomic E-state index is -0.833. The zero-order chi connectivity index (χ0) is 23.9. The lowest BCUT2D eigenvalue weighted by Crippen LogP contribution is -2.47. The summed E-state index contributed by atoms with van der Waals surface area (Å²) in [5.74, 6) is -0.960. The number of nitrogens with zero attached hydrogens (tertiary/aromatic N) is 4. The first-order chi connectivity index (χ1) is 15.2. The topological polar surface area (TPSA) is 197 Å². The van der Waals surface area contributed by atoms with Gasteiger partial charge in [0.15, 0.2) is 5.82 Å². The molecule has 3 rings (SSSR count). The minimum Gasteiger partial charge on any atom is -0.481 e. The maximum atomic E-state index is 12.5. The van der Waals surface area contributed by atoms with E-state index in [1.54, 1.807) is 0 Å². The molecular weight excluding hydrogens is 422 g/mol. The molecule has 0 unspecified atom stereocenters. The van der Waals surface area contributed by atoms with Crippen molar-refractivity contribution >= 4 is 17.8 Å². The number of nitrogens with two attached hydrogens (primary N) is 1. The van der Waals surface area contributed by atoms with Crippen molar-refractivity contribution in [3.05, 3.63) is 5.82 Å². The summed E-state index contributed by atoms with van der Waals surface area (Å²) in [6, 6.07) is 0.627. The maximum absolute atomic E-state index is 12.5. The molecule has 0 radical (unpaired) electrons.